The third kappa shape index (κ3) is 3.90. The van der Waals surface area contributed by atoms with Crippen LogP contribution in [-0.4, -0.2) is 68.2 Å². The minimum Gasteiger partial charge on any atom is -0.388 e. The number of aliphatic hydroxyl groups excluding tert-OH is 1. The molecule has 0 radical (unpaired) electrons. The van der Waals surface area contributed by atoms with Crippen LogP contribution in [0.1, 0.15) is 47.9 Å². The van der Waals surface area contributed by atoms with Crippen molar-refractivity contribution in [2.75, 3.05) is 19.7 Å². The average molecular weight is 400 g/mol. The zero-order chi connectivity index (χ0) is 20.5. The van der Waals surface area contributed by atoms with Crippen molar-refractivity contribution in [2.24, 2.45) is 0 Å². The summed E-state index contributed by atoms with van der Waals surface area (Å²) in [5.41, 5.74) is 0.248. The zero-order valence-corrected chi connectivity index (χ0v) is 16.9. The van der Waals surface area contributed by atoms with E-state index in [2.05, 4.69) is 26.2 Å². The molecule has 2 saturated heterocycles. The fraction of sp³-hybridized carbons (Fsp3) is 0.600. The molecule has 0 bridgehead atoms. The number of ether oxygens (including phenoxy) is 1. The number of aliphatic hydroxyl groups is 1. The number of amides is 1. The van der Waals surface area contributed by atoms with Crippen LogP contribution in [-0.2, 0) is 11.3 Å². The summed E-state index contributed by atoms with van der Waals surface area (Å²) in [4.78, 5) is 12.9. The predicted molar refractivity (Wildman–Crippen MR) is 105 cm³/mol. The number of carbonyl (C=O) groups is 1. The van der Waals surface area contributed by atoms with Crippen LogP contribution in [0.4, 0.5) is 0 Å². The second-order valence-corrected chi connectivity index (χ2v) is 8.27. The van der Waals surface area contributed by atoms with E-state index in [1.807, 2.05) is 26.0 Å². The van der Waals surface area contributed by atoms with Crippen LogP contribution in [0.3, 0.4) is 0 Å². The molecule has 2 aliphatic rings. The SMILES string of the molecule is Cc1nnnn1Cc1ccc(C(=O)N[C@]2(C)CCOC3(CCNCC3)[C@H]2O)cc1. The number of hydrogen-bond donors (Lipinski definition) is 3. The van der Waals surface area contributed by atoms with Gasteiger partial charge in [0, 0.05) is 12.2 Å². The molecule has 9 heteroatoms. The molecule has 4 rings (SSSR count). The van der Waals surface area contributed by atoms with E-state index in [-0.39, 0.29) is 5.91 Å². The van der Waals surface area contributed by atoms with Crippen molar-refractivity contribution in [3.8, 4) is 0 Å². The predicted octanol–water partition coefficient (Wildman–Crippen LogP) is 0.422. The number of benzene rings is 1. The van der Waals surface area contributed by atoms with Crippen LogP contribution in [0, 0.1) is 6.92 Å². The molecule has 9 nitrogen and oxygen atoms in total. The normalized spacial score (nSPS) is 26.4. The molecule has 3 N–H and O–H groups in total. The summed E-state index contributed by atoms with van der Waals surface area (Å²) in [7, 11) is 0. The summed E-state index contributed by atoms with van der Waals surface area (Å²) in [5, 5.41) is 29.0. The smallest absolute Gasteiger partial charge is 0.251 e. The molecule has 2 aromatic rings. The fourth-order valence-corrected chi connectivity index (χ4v) is 4.32. The molecule has 2 atom stereocenters. The van der Waals surface area contributed by atoms with Gasteiger partial charge in [0.1, 0.15) is 11.9 Å². The lowest BCUT2D eigenvalue weighted by atomic mass is 9.73. The summed E-state index contributed by atoms with van der Waals surface area (Å²) in [6.45, 7) is 6.45. The number of nitrogens with one attached hydrogen (secondary N) is 2. The Labute approximate surface area is 169 Å². The van der Waals surface area contributed by atoms with E-state index in [0.717, 1.165) is 37.3 Å². The molecule has 1 spiro atoms. The second-order valence-electron chi connectivity index (χ2n) is 8.27. The molecule has 2 aliphatic heterocycles. The van der Waals surface area contributed by atoms with Crippen molar-refractivity contribution >= 4 is 5.91 Å². The first-order valence-corrected chi connectivity index (χ1v) is 10.1. The first-order chi connectivity index (χ1) is 13.9. The molecule has 2 fully saturated rings. The Morgan fingerprint density at radius 1 is 1.31 bits per heavy atom. The monoisotopic (exact) mass is 400 g/mol. The molecule has 1 aromatic carbocycles. The third-order valence-electron chi connectivity index (χ3n) is 6.22. The van der Waals surface area contributed by atoms with Crippen LogP contribution in [0.25, 0.3) is 0 Å². The van der Waals surface area contributed by atoms with E-state index in [1.54, 1.807) is 16.8 Å². The van der Waals surface area contributed by atoms with E-state index in [9.17, 15) is 9.90 Å². The highest BCUT2D eigenvalue weighted by Crippen LogP contribution is 2.38. The number of carbonyl (C=O) groups excluding carboxylic acids is 1. The molecular formula is C20H28N6O3. The van der Waals surface area contributed by atoms with Crippen molar-refractivity contribution in [2.45, 2.75) is 56.9 Å². The first kappa shape index (κ1) is 19.9. The number of aryl methyl sites for hydroxylation is 1. The Bertz CT molecular complexity index is 856. The van der Waals surface area contributed by atoms with E-state index in [1.165, 1.54) is 0 Å². The lowest BCUT2D eigenvalue weighted by Crippen LogP contribution is -2.69. The van der Waals surface area contributed by atoms with Gasteiger partial charge in [0.25, 0.3) is 5.91 Å². The molecule has 0 aliphatic carbocycles. The van der Waals surface area contributed by atoms with Gasteiger partial charge in [-0.1, -0.05) is 12.1 Å². The number of nitrogens with zero attached hydrogens (tertiary/aromatic N) is 4. The average Bonchev–Trinajstić information content (AvgIpc) is 3.12. The van der Waals surface area contributed by atoms with E-state index in [4.69, 9.17) is 4.74 Å². The van der Waals surface area contributed by atoms with Crippen LogP contribution < -0.4 is 10.6 Å². The Balaban J connectivity index is 1.44. The second kappa shape index (κ2) is 7.81. The number of rotatable bonds is 4. The zero-order valence-electron chi connectivity index (χ0n) is 16.9. The maximum absolute atomic E-state index is 12.9. The van der Waals surface area contributed by atoms with Gasteiger partial charge in [0.05, 0.1) is 17.7 Å². The highest BCUT2D eigenvalue weighted by atomic mass is 16.5. The quantitative estimate of drug-likeness (QED) is 0.681. The van der Waals surface area contributed by atoms with Crippen LogP contribution in [0.2, 0.25) is 0 Å². The van der Waals surface area contributed by atoms with Gasteiger partial charge in [-0.15, -0.1) is 5.10 Å². The van der Waals surface area contributed by atoms with Crippen LogP contribution in [0.5, 0.6) is 0 Å². The molecule has 3 heterocycles. The van der Waals surface area contributed by atoms with Crippen molar-refractivity contribution in [3.05, 3.63) is 41.2 Å². The molecule has 0 saturated carbocycles. The van der Waals surface area contributed by atoms with Gasteiger partial charge >= 0.3 is 0 Å². The van der Waals surface area contributed by atoms with Gasteiger partial charge in [0.2, 0.25) is 0 Å². The Morgan fingerprint density at radius 2 is 2.03 bits per heavy atom. The maximum Gasteiger partial charge on any atom is 0.251 e. The third-order valence-corrected chi connectivity index (χ3v) is 6.22. The Kier molecular flexibility index (Phi) is 5.37. The van der Waals surface area contributed by atoms with Gasteiger partial charge < -0.3 is 20.5 Å². The summed E-state index contributed by atoms with van der Waals surface area (Å²) in [5.74, 6) is 0.544. The summed E-state index contributed by atoms with van der Waals surface area (Å²) in [6.07, 6.45) is 1.30. The van der Waals surface area contributed by atoms with Crippen LogP contribution in [0.15, 0.2) is 24.3 Å². The minimum atomic E-state index is -0.753. The molecule has 1 amide bonds. The number of tetrazole rings is 1. The highest BCUT2D eigenvalue weighted by Gasteiger charge is 2.53. The summed E-state index contributed by atoms with van der Waals surface area (Å²) in [6, 6.07) is 7.37. The number of piperidine rings is 1. The Hall–Kier alpha value is -2.36. The molecular weight excluding hydrogens is 372 g/mol. The topological polar surface area (TPSA) is 114 Å². The van der Waals surface area contributed by atoms with Crippen molar-refractivity contribution < 1.29 is 14.6 Å². The van der Waals surface area contributed by atoms with Gasteiger partial charge in [-0.3, -0.25) is 4.79 Å². The highest BCUT2D eigenvalue weighted by molar-refractivity contribution is 5.94. The summed E-state index contributed by atoms with van der Waals surface area (Å²) >= 11 is 0. The molecule has 0 unspecified atom stereocenters. The number of aromatic nitrogens is 4. The number of hydrogen-bond acceptors (Lipinski definition) is 7. The van der Waals surface area contributed by atoms with Gasteiger partial charge in [-0.05, 0) is 74.3 Å². The first-order valence-electron chi connectivity index (χ1n) is 10.1. The molecule has 1 aromatic heterocycles. The van der Waals surface area contributed by atoms with E-state index >= 15 is 0 Å². The largest absolute Gasteiger partial charge is 0.388 e. The van der Waals surface area contributed by atoms with Gasteiger partial charge in [0.15, 0.2) is 0 Å². The van der Waals surface area contributed by atoms with Crippen molar-refractivity contribution in [1.82, 2.24) is 30.8 Å². The minimum absolute atomic E-state index is 0.192. The van der Waals surface area contributed by atoms with Gasteiger partial charge in [-0.2, -0.15) is 0 Å². The fourth-order valence-electron chi connectivity index (χ4n) is 4.32. The lowest BCUT2D eigenvalue weighted by molar-refractivity contribution is -0.197. The van der Waals surface area contributed by atoms with Crippen molar-refractivity contribution in [3.63, 3.8) is 0 Å². The lowest BCUT2D eigenvalue weighted by Gasteiger charge is -2.52. The van der Waals surface area contributed by atoms with Crippen molar-refractivity contribution in [1.29, 1.82) is 0 Å². The summed E-state index contributed by atoms with van der Waals surface area (Å²) < 4.78 is 7.72. The Morgan fingerprint density at radius 3 is 2.69 bits per heavy atom. The molecule has 29 heavy (non-hydrogen) atoms. The molecule has 156 valence electrons. The van der Waals surface area contributed by atoms with Gasteiger partial charge in [-0.25, -0.2) is 4.68 Å². The standard InChI is InChI=1S/C20H28N6O3/c1-14-23-24-25-26(14)13-15-3-5-16(6-4-15)17(27)22-19(2)9-12-29-20(18(19)28)7-10-21-11-8-20/h3-6,18,21,28H,7-13H2,1-2H3,(H,22,27)/t18-,19+/m0/s1. The maximum atomic E-state index is 12.9. The van der Waals surface area contributed by atoms with Crippen LogP contribution >= 0.6 is 0 Å². The van der Waals surface area contributed by atoms with E-state index in [0.29, 0.717) is 25.1 Å². The van der Waals surface area contributed by atoms with E-state index < -0.39 is 17.2 Å².